The predicted octanol–water partition coefficient (Wildman–Crippen LogP) is 1.74. The molecule has 0 aliphatic carbocycles. The summed E-state index contributed by atoms with van der Waals surface area (Å²) in [5.41, 5.74) is 0.949. The van der Waals surface area contributed by atoms with Crippen molar-refractivity contribution in [2.24, 2.45) is 0 Å². The highest BCUT2D eigenvalue weighted by atomic mass is 79.9. The maximum absolute atomic E-state index is 11.2. The molecule has 0 bridgehead atoms. The lowest BCUT2D eigenvalue weighted by molar-refractivity contribution is 0.257. The van der Waals surface area contributed by atoms with E-state index in [-0.39, 0.29) is 12.6 Å². The number of benzene rings is 1. The van der Waals surface area contributed by atoms with Crippen LogP contribution in [0.4, 0.5) is 0 Å². The van der Waals surface area contributed by atoms with Gasteiger partial charge in [-0.2, -0.15) is 13.1 Å². The van der Waals surface area contributed by atoms with Crippen LogP contribution < -0.4 is 4.72 Å². The Morgan fingerprint density at radius 1 is 1.33 bits per heavy atom. The third kappa shape index (κ3) is 2.78. The second kappa shape index (κ2) is 4.21. The van der Waals surface area contributed by atoms with Crippen LogP contribution in [-0.4, -0.2) is 15.0 Å². The molecule has 1 aromatic rings. The van der Waals surface area contributed by atoms with Crippen LogP contribution in [0.15, 0.2) is 28.7 Å². The van der Waals surface area contributed by atoms with Crippen LogP contribution in [0.25, 0.3) is 0 Å². The zero-order chi connectivity index (χ0) is 10.9. The van der Waals surface area contributed by atoms with E-state index in [2.05, 4.69) is 24.8 Å². The van der Waals surface area contributed by atoms with Crippen LogP contribution in [0.1, 0.15) is 18.0 Å². The minimum atomic E-state index is -3.55. The molecule has 1 atom stereocenters. The SMILES string of the molecule is O=S1(=O)NC(c2ccc(Br)cc2)CCO1. The molecule has 1 N–H and O–H groups in total. The van der Waals surface area contributed by atoms with Gasteiger partial charge in [0.05, 0.1) is 12.6 Å². The number of halogens is 1. The van der Waals surface area contributed by atoms with Crippen molar-refractivity contribution in [3.63, 3.8) is 0 Å². The lowest BCUT2D eigenvalue weighted by Crippen LogP contribution is -2.36. The smallest absolute Gasteiger partial charge is 0.258 e. The third-order valence-corrected chi connectivity index (χ3v) is 3.78. The second-order valence-electron chi connectivity index (χ2n) is 3.29. The summed E-state index contributed by atoms with van der Waals surface area (Å²) in [6, 6.07) is 7.38. The van der Waals surface area contributed by atoms with E-state index in [1.54, 1.807) is 0 Å². The Morgan fingerprint density at radius 3 is 2.60 bits per heavy atom. The van der Waals surface area contributed by atoms with Crippen LogP contribution in [0.2, 0.25) is 0 Å². The van der Waals surface area contributed by atoms with E-state index in [0.717, 1.165) is 10.0 Å². The van der Waals surface area contributed by atoms with Crippen molar-refractivity contribution in [3.8, 4) is 0 Å². The van der Waals surface area contributed by atoms with Crippen molar-refractivity contribution >= 4 is 26.2 Å². The first kappa shape index (κ1) is 11.1. The fourth-order valence-corrected chi connectivity index (χ4v) is 2.72. The molecule has 0 saturated carbocycles. The molecule has 0 amide bonds. The molecule has 1 saturated heterocycles. The molecule has 0 spiro atoms. The maximum atomic E-state index is 11.2. The summed E-state index contributed by atoms with van der Waals surface area (Å²) in [5, 5.41) is 0. The quantitative estimate of drug-likeness (QED) is 0.858. The van der Waals surface area contributed by atoms with Crippen molar-refractivity contribution in [2.45, 2.75) is 12.5 Å². The van der Waals surface area contributed by atoms with Gasteiger partial charge in [-0.3, -0.25) is 4.18 Å². The van der Waals surface area contributed by atoms with E-state index < -0.39 is 10.3 Å². The zero-order valence-corrected chi connectivity index (χ0v) is 10.2. The highest BCUT2D eigenvalue weighted by molar-refractivity contribution is 9.10. The Balaban J connectivity index is 2.21. The van der Waals surface area contributed by atoms with Gasteiger partial charge in [0.1, 0.15) is 0 Å². The summed E-state index contributed by atoms with van der Waals surface area (Å²) in [4.78, 5) is 0. The molecule has 2 rings (SSSR count). The normalized spacial score (nSPS) is 25.0. The lowest BCUT2D eigenvalue weighted by Gasteiger charge is -2.23. The first-order valence-corrected chi connectivity index (χ1v) is 6.69. The topological polar surface area (TPSA) is 55.4 Å². The fraction of sp³-hybridized carbons (Fsp3) is 0.333. The van der Waals surface area contributed by atoms with Crippen LogP contribution in [-0.2, 0) is 14.5 Å². The molecule has 1 heterocycles. The molecule has 4 nitrogen and oxygen atoms in total. The summed E-state index contributed by atoms with van der Waals surface area (Å²) in [6.45, 7) is 0.232. The van der Waals surface area contributed by atoms with Crippen molar-refractivity contribution in [2.75, 3.05) is 6.61 Å². The van der Waals surface area contributed by atoms with Crippen molar-refractivity contribution < 1.29 is 12.6 Å². The number of hydrogen-bond acceptors (Lipinski definition) is 3. The highest BCUT2D eigenvalue weighted by Gasteiger charge is 2.25. The molecular weight excluding hydrogens is 282 g/mol. The van der Waals surface area contributed by atoms with Crippen LogP contribution in [0.5, 0.6) is 0 Å². The molecule has 1 fully saturated rings. The van der Waals surface area contributed by atoms with Gasteiger partial charge >= 0.3 is 10.3 Å². The maximum Gasteiger partial charge on any atom is 0.336 e. The summed E-state index contributed by atoms with van der Waals surface area (Å²) >= 11 is 3.33. The molecule has 1 aromatic carbocycles. The molecule has 1 aliphatic heterocycles. The lowest BCUT2D eigenvalue weighted by atomic mass is 10.1. The predicted molar refractivity (Wildman–Crippen MR) is 59.5 cm³/mol. The Labute approximate surface area is 97.0 Å². The molecular formula is C9H10BrNO3S. The van der Waals surface area contributed by atoms with Crippen LogP contribution in [0, 0.1) is 0 Å². The summed E-state index contributed by atoms with van der Waals surface area (Å²) in [6.07, 6.45) is 0.654. The van der Waals surface area contributed by atoms with Crippen LogP contribution in [0.3, 0.4) is 0 Å². The number of hydrogen-bond donors (Lipinski definition) is 1. The van der Waals surface area contributed by atoms with Gasteiger partial charge < -0.3 is 0 Å². The first-order chi connectivity index (χ1) is 7.07. The average molecular weight is 292 g/mol. The molecule has 0 radical (unpaired) electrons. The molecule has 82 valence electrons. The van der Waals surface area contributed by atoms with Gasteiger partial charge in [-0.05, 0) is 24.1 Å². The van der Waals surface area contributed by atoms with E-state index in [1.165, 1.54) is 0 Å². The van der Waals surface area contributed by atoms with E-state index in [1.807, 2.05) is 24.3 Å². The van der Waals surface area contributed by atoms with Gasteiger partial charge in [0.15, 0.2) is 0 Å². The summed E-state index contributed by atoms with van der Waals surface area (Å²) in [7, 11) is -3.55. The van der Waals surface area contributed by atoms with Crippen molar-refractivity contribution in [1.29, 1.82) is 0 Å². The van der Waals surface area contributed by atoms with Crippen molar-refractivity contribution in [3.05, 3.63) is 34.3 Å². The van der Waals surface area contributed by atoms with Gasteiger partial charge in [-0.25, -0.2) is 0 Å². The first-order valence-electron chi connectivity index (χ1n) is 4.49. The van der Waals surface area contributed by atoms with Gasteiger partial charge in [-0.15, -0.1) is 0 Å². The third-order valence-electron chi connectivity index (χ3n) is 2.20. The number of nitrogens with one attached hydrogen (secondary N) is 1. The summed E-state index contributed by atoms with van der Waals surface area (Å²) in [5.74, 6) is 0. The van der Waals surface area contributed by atoms with Crippen molar-refractivity contribution in [1.82, 2.24) is 4.72 Å². The molecule has 0 aromatic heterocycles. The standard InChI is InChI=1S/C9H10BrNO3S/c10-8-3-1-7(2-4-8)9-5-6-14-15(12,13)11-9/h1-4,9,11H,5-6H2. The highest BCUT2D eigenvalue weighted by Crippen LogP contribution is 2.23. The Morgan fingerprint density at radius 2 is 2.00 bits per heavy atom. The summed E-state index contributed by atoms with van der Waals surface area (Å²) < 4.78 is 30.3. The Hall–Kier alpha value is -0.430. The minimum absolute atomic E-state index is 0.183. The van der Waals surface area contributed by atoms with E-state index in [4.69, 9.17) is 0 Å². The largest absolute Gasteiger partial charge is 0.336 e. The molecule has 15 heavy (non-hydrogen) atoms. The minimum Gasteiger partial charge on any atom is -0.258 e. The van der Waals surface area contributed by atoms with Crippen LogP contribution >= 0.6 is 15.9 Å². The average Bonchev–Trinajstić information content (AvgIpc) is 2.17. The molecule has 6 heteroatoms. The van der Waals surface area contributed by atoms with Gasteiger partial charge in [-0.1, -0.05) is 28.1 Å². The number of rotatable bonds is 1. The van der Waals surface area contributed by atoms with Gasteiger partial charge in [0.2, 0.25) is 0 Å². The second-order valence-corrected chi connectivity index (χ2v) is 5.58. The Bertz CT molecular complexity index is 443. The van der Waals surface area contributed by atoms with Gasteiger partial charge in [0, 0.05) is 4.47 Å². The monoisotopic (exact) mass is 291 g/mol. The zero-order valence-electron chi connectivity index (χ0n) is 7.81. The van der Waals surface area contributed by atoms with E-state index in [0.29, 0.717) is 6.42 Å². The van der Waals surface area contributed by atoms with E-state index in [9.17, 15) is 8.42 Å². The van der Waals surface area contributed by atoms with E-state index >= 15 is 0 Å². The molecule has 1 aliphatic rings. The van der Waals surface area contributed by atoms with Gasteiger partial charge in [0.25, 0.3) is 0 Å². The Kier molecular flexibility index (Phi) is 3.11. The molecule has 1 unspecified atom stereocenters. The fourth-order valence-electron chi connectivity index (χ4n) is 1.47.